The number of carboxylic acids is 1. The van der Waals surface area contributed by atoms with Gasteiger partial charge < -0.3 is 10.4 Å². The molecule has 0 bridgehead atoms. The molecule has 1 aromatic carbocycles. The van der Waals surface area contributed by atoms with Crippen LogP contribution in [0, 0.1) is 17.8 Å². The number of aliphatic carboxylic acids is 1. The Hall–Kier alpha value is -1.68. The lowest BCUT2D eigenvalue weighted by Crippen LogP contribution is -2.35. The summed E-state index contributed by atoms with van der Waals surface area (Å²) in [5.41, 5.74) is 2.00. The first-order valence-corrected chi connectivity index (χ1v) is 8.51. The second-order valence-corrected chi connectivity index (χ2v) is 6.85. The van der Waals surface area contributed by atoms with Gasteiger partial charge in [0, 0.05) is 12.3 Å². The van der Waals surface area contributed by atoms with E-state index in [-0.39, 0.29) is 23.5 Å². The van der Waals surface area contributed by atoms with Gasteiger partial charge in [0.05, 0.1) is 5.92 Å². The topological polar surface area (TPSA) is 66.4 Å². The quantitative estimate of drug-likeness (QED) is 0.811. The fraction of sp³-hybridized carbons (Fsp3) is 0.579. The van der Waals surface area contributed by atoms with Gasteiger partial charge in [0.1, 0.15) is 5.78 Å². The van der Waals surface area contributed by atoms with E-state index in [0.717, 1.165) is 37.1 Å². The molecule has 1 unspecified atom stereocenters. The number of carboxylic acid groups (broad SMARTS) is 1. The highest BCUT2D eigenvalue weighted by Crippen LogP contribution is 2.26. The number of hydrogen-bond acceptors (Lipinski definition) is 3. The predicted octanol–water partition coefficient (Wildman–Crippen LogP) is 2.70. The molecule has 23 heavy (non-hydrogen) atoms. The van der Waals surface area contributed by atoms with E-state index in [1.54, 1.807) is 0 Å². The zero-order valence-electron chi connectivity index (χ0n) is 14.0. The van der Waals surface area contributed by atoms with Gasteiger partial charge in [-0.25, -0.2) is 0 Å². The van der Waals surface area contributed by atoms with E-state index in [4.69, 9.17) is 0 Å². The second-order valence-electron chi connectivity index (χ2n) is 6.85. The average molecular weight is 317 g/mol. The summed E-state index contributed by atoms with van der Waals surface area (Å²) >= 11 is 0. The molecular weight excluding hydrogens is 290 g/mol. The maximum absolute atomic E-state index is 11.9. The molecule has 1 saturated heterocycles. The van der Waals surface area contributed by atoms with Crippen LogP contribution in [0.3, 0.4) is 0 Å². The van der Waals surface area contributed by atoms with Gasteiger partial charge in [-0.2, -0.15) is 0 Å². The summed E-state index contributed by atoms with van der Waals surface area (Å²) in [6, 6.07) is 7.85. The Balaban J connectivity index is 2.07. The minimum absolute atomic E-state index is 0.0279. The van der Waals surface area contributed by atoms with E-state index in [9.17, 15) is 14.7 Å². The molecule has 0 amide bonds. The van der Waals surface area contributed by atoms with Crippen molar-refractivity contribution in [1.29, 1.82) is 0 Å². The Morgan fingerprint density at radius 1 is 1.22 bits per heavy atom. The number of carbonyl (C=O) groups excluding carboxylic acids is 1. The van der Waals surface area contributed by atoms with Gasteiger partial charge in [0.15, 0.2) is 0 Å². The fourth-order valence-electron chi connectivity index (χ4n) is 3.23. The lowest BCUT2D eigenvalue weighted by Gasteiger charge is -2.28. The van der Waals surface area contributed by atoms with E-state index in [2.05, 4.69) is 5.32 Å². The van der Waals surface area contributed by atoms with Gasteiger partial charge in [0.2, 0.25) is 0 Å². The maximum Gasteiger partial charge on any atom is 0.307 e. The molecule has 0 aromatic heterocycles. The predicted molar refractivity (Wildman–Crippen MR) is 90.4 cm³/mol. The van der Waals surface area contributed by atoms with Crippen LogP contribution >= 0.6 is 0 Å². The van der Waals surface area contributed by atoms with Crippen LogP contribution in [0.5, 0.6) is 0 Å². The smallest absolute Gasteiger partial charge is 0.307 e. The standard InChI is InChI=1S/C19H27NO3/c1-13(2)18(21)12-15-5-3-4-14(10-15)11-17(19(22)23)16-6-8-20-9-7-16/h3-5,10,13,16-17,20H,6-9,11-12H2,1-2H3,(H,22,23). The van der Waals surface area contributed by atoms with Gasteiger partial charge >= 0.3 is 5.97 Å². The fourth-order valence-corrected chi connectivity index (χ4v) is 3.23. The molecule has 1 heterocycles. The Kier molecular flexibility index (Phi) is 6.34. The lowest BCUT2D eigenvalue weighted by atomic mass is 9.81. The molecule has 1 atom stereocenters. The van der Waals surface area contributed by atoms with E-state index >= 15 is 0 Å². The van der Waals surface area contributed by atoms with Gasteiger partial charge in [-0.3, -0.25) is 9.59 Å². The monoisotopic (exact) mass is 317 g/mol. The molecule has 0 radical (unpaired) electrons. The molecule has 126 valence electrons. The van der Waals surface area contributed by atoms with Crippen LogP contribution in [0.1, 0.15) is 37.8 Å². The summed E-state index contributed by atoms with van der Waals surface area (Å²) in [7, 11) is 0. The van der Waals surface area contributed by atoms with E-state index < -0.39 is 5.97 Å². The largest absolute Gasteiger partial charge is 0.481 e. The molecule has 1 aliphatic heterocycles. The van der Waals surface area contributed by atoms with Crippen molar-refractivity contribution in [3.63, 3.8) is 0 Å². The number of Topliss-reactive ketones (excluding diaryl/α,β-unsaturated/α-hetero) is 1. The van der Waals surface area contributed by atoms with Crippen LogP contribution < -0.4 is 5.32 Å². The first-order chi connectivity index (χ1) is 11.0. The van der Waals surface area contributed by atoms with Crippen molar-refractivity contribution in [3.05, 3.63) is 35.4 Å². The zero-order valence-corrected chi connectivity index (χ0v) is 14.0. The maximum atomic E-state index is 11.9. The Morgan fingerprint density at radius 2 is 1.87 bits per heavy atom. The first-order valence-electron chi connectivity index (χ1n) is 8.51. The van der Waals surface area contributed by atoms with E-state index in [1.807, 2.05) is 38.1 Å². The minimum Gasteiger partial charge on any atom is -0.481 e. The molecule has 1 aliphatic rings. The van der Waals surface area contributed by atoms with E-state index in [0.29, 0.717) is 12.8 Å². The van der Waals surface area contributed by atoms with Crippen LogP contribution in [0.25, 0.3) is 0 Å². The second kappa shape index (κ2) is 8.25. The third kappa shape index (κ3) is 5.17. The summed E-state index contributed by atoms with van der Waals surface area (Å²) < 4.78 is 0. The highest BCUT2D eigenvalue weighted by Gasteiger charge is 2.29. The van der Waals surface area contributed by atoms with Crippen LogP contribution in [-0.2, 0) is 22.4 Å². The van der Waals surface area contributed by atoms with Gasteiger partial charge in [0.25, 0.3) is 0 Å². The van der Waals surface area contributed by atoms with Crippen molar-refractivity contribution >= 4 is 11.8 Å². The van der Waals surface area contributed by atoms with Gasteiger partial charge in [-0.15, -0.1) is 0 Å². The number of hydrogen-bond donors (Lipinski definition) is 2. The summed E-state index contributed by atoms with van der Waals surface area (Å²) in [5.74, 6) is -0.570. The molecule has 2 rings (SSSR count). The van der Waals surface area contributed by atoms with Crippen molar-refractivity contribution in [2.75, 3.05) is 13.1 Å². The Morgan fingerprint density at radius 3 is 2.48 bits per heavy atom. The molecule has 0 aliphatic carbocycles. The van der Waals surface area contributed by atoms with Crippen LogP contribution in [0.2, 0.25) is 0 Å². The molecule has 0 saturated carbocycles. The zero-order chi connectivity index (χ0) is 16.8. The summed E-state index contributed by atoms with van der Waals surface area (Å²) in [5, 5.41) is 12.9. The number of rotatable bonds is 7. The first kappa shape index (κ1) is 17.7. The number of benzene rings is 1. The summed E-state index contributed by atoms with van der Waals surface area (Å²) in [6.45, 7) is 5.61. The van der Waals surface area contributed by atoms with Crippen molar-refractivity contribution in [2.24, 2.45) is 17.8 Å². The van der Waals surface area contributed by atoms with Crippen molar-refractivity contribution in [2.45, 2.75) is 39.5 Å². The average Bonchev–Trinajstić information content (AvgIpc) is 2.53. The van der Waals surface area contributed by atoms with Crippen LogP contribution in [0.4, 0.5) is 0 Å². The van der Waals surface area contributed by atoms with Crippen molar-refractivity contribution in [3.8, 4) is 0 Å². The molecule has 1 fully saturated rings. The third-order valence-electron chi connectivity index (χ3n) is 4.74. The summed E-state index contributed by atoms with van der Waals surface area (Å²) in [4.78, 5) is 23.6. The SMILES string of the molecule is CC(C)C(=O)Cc1cccc(CC(C(=O)O)C2CCNCC2)c1. The Labute approximate surface area is 138 Å². The molecular formula is C19H27NO3. The molecule has 4 nitrogen and oxygen atoms in total. The normalized spacial score (nSPS) is 17.2. The highest BCUT2D eigenvalue weighted by atomic mass is 16.4. The van der Waals surface area contributed by atoms with Crippen LogP contribution in [-0.4, -0.2) is 29.9 Å². The molecule has 0 spiro atoms. The lowest BCUT2D eigenvalue weighted by molar-refractivity contribution is -0.144. The van der Waals surface area contributed by atoms with Crippen molar-refractivity contribution in [1.82, 2.24) is 5.32 Å². The summed E-state index contributed by atoms with van der Waals surface area (Å²) in [6.07, 6.45) is 2.81. The van der Waals surface area contributed by atoms with Gasteiger partial charge in [-0.1, -0.05) is 38.1 Å². The van der Waals surface area contributed by atoms with Crippen molar-refractivity contribution < 1.29 is 14.7 Å². The number of carbonyl (C=O) groups is 2. The highest BCUT2D eigenvalue weighted by molar-refractivity contribution is 5.82. The third-order valence-corrected chi connectivity index (χ3v) is 4.74. The number of ketones is 1. The molecule has 4 heteroatoms. The van der Waals surface area contributed by atoms with E-state index in [1.165, 1.54) is 0 Å². The number of nitrogens with one attached hydrogen (secondary N) is 1. The van der Waals surface area contributed by atoms with Crippen LogP contribution in [0.15, 0.2) is 24.3 Å². The molecule has 2 N–H and O–H groups in total. The number of piperidine rings is 1. The minimum atomic E-state index is -0.708. The Bertz CT molecular complexity index is 547. The van der Waals surface area contributed by atoms with Gasteiger partial charge in [-0.05, 0) is 49.4 Å². The molecule has 1 aromatic rings.